The molecule has 4 aromatic rings. The number of halogens is 1. The summed E-state index contributed by atoms with van der Waals surface area (Å²) < 4.78 is 51.9. The summed E-state index contributed by atoms with van der Waals surface area (Å²) >= 11 is 0. The quantitative estimate of drug-likeness (QED) is 0.411. The van der Waals surface area contributed by atoms with Crippen molar-refractivity contribution >= 4 is 15.7 Å². The summed E-state index contributed by atoms with van der Waals surface area (Å²) in [5, 5.41) is 0. The summed E-state index contributed by atoms with van der Waals surface area (Å²) in [4.78, 5) is 4.43. The standard InChI is InChI=1S/C23H19FN2O4S/c1-29-21-11-7-17(8-12-21)23-25-19(16-30-23)15-26(20-5-3-2-4-6-20)31(27,28)22-13-9-18(24)10-14-22/h2-14,16H,15H2,1H3. The minimum absolute atomic E-state index is 0.0170. The average molecular weight is 438 g/mol. The lowest BCUT2D eigenvalue weighted by molar-refractivity contribution is 0.415. The smallest absolute Gasteiger partial charge is 0.264 e. The predicted molar refractivity (Wildman–Crippen MR) is 115 cm³/mol. The van der Waals surface area contributed by atoms with Crippen molar-refractivity contribution < 1.29 is 22.0 Å². The van der Waals surface area contributed by atoms with Crippen LogP contribution in [0.2, 0.25) is 0 Å². The van der Waals surface area contributed by atoms with E-state index in [4.69, 9.17) is 9.15 Å². The van der Waals surface area contributed by atoms with Gasteiger partial charge in [-0.25, -0.2) is 17.8 Å². The van der Waals surface area contributed by atoms with Crippen LogP contribution in [-0.4, -0.2) is 20.5 Å². The van der Waals surface area contributed by atoms with Gasteiger partial charge in [-0.2, -0.15) is 0 Å². The number of sulfonamides is 1. The Kier molecular flexibility index (Phi) is 5.73. The third kappa shape index (κ3) is 4.44. The Bertz CT molecular complexity index is 1260. The fourth-order valence-corrected chi connectivity index (χ4v) is 4.47. The molecule has 0 bridgehead atoms. The highest BCUT2D eigenvalue weighted by atomic mass is 32.2. The maximum absolute atomic E-state index is 13.3. The molecule has 1 aromatic heterocycles. The van der Waals surface area contributed by atoms with Gasteiger partial charge in [0.2, 0.25) is 5.89 Å². The van der Waals surface area contributed by atoms with Crippen LogP contribution in [0.1, 0.15) is 5.69 Å². The SMILES string of the molecule is COc1ccc(-c2nc(CN(c3ccccc3)S(=O)(=O)c3ccc(F)cc3)co2)cc1. The largest absolute Gasteiger partial charge is 0.497 e. The van der Waals surface area contributed by atoms with E-state index in [1.54, 1.807) is 61.7 Å². The van der Waals surface area contributed by atoms with Crippen LogP contribution in [-0.2, 0) is 16.6 Å². The van der Waals surface area contributed by atoms with Gasteiger partial charge in [0, 0.05) is 5.56 Å². The second kappa shape index (κ2) is 8.61. The first-order valence-corrected chi connectivity index (χ1v) is 10.8. The zero-order chi connectivity index (χ0) is 21.8. The first-order valence-electron chi connectivity index (χ1n) is 9.39. The molecule has 0 aliphatic rings. The van der Waals surface area contributed by atoms with E-state index in [1.165, 1.54) is 22.7 Å². The van der Waals surface area contributed by atoms with Crippen LogP contribution in [0.15, 0.2) is 94.4 Å². The monoisotopic (exact) mass is 438 g/mol. The average Bonchev–Trinajstić information content (AvgIpc) is 3.27. The highest BCUT2D eigenvalue weighted by Crippen LogP contribution is 2.27. The van der Waals surface area contributed by atoms with Gasteiger partial charge in [-0.05, 0) is 60.7 Å². The fraction of sp³-hybridized carbons (Fsp3) is 0.0870. The van der Waals surface area contributed by atoms with E-state index in [0.717, 1.165) is 17.7 Å². The van der Waals surface area contributed by atoms with Crippen LogP contribution in [0.3, 0.4) is 0 Å². The first kappa shape index (κ1) is 20.6. The number of methoxy groups -OCH3 is 1. The van der Waals surface area contributed by atoms with Crippen LogP contribution >= 0.6 is 0 Å². The highest BCUT2D eigenvalue weighted by molar-refractivity contribution is 7.92. The summed E-state index contributed by atoms with van der Waals surface area (Å²) in [5.41, 5.74) is 1.63. The van der Waals surface area contributed by atoms with E-state index in [-0.39, 0.29) is 11.4 Å². The number of nitrogens with zero attached hydrogens (tertiary/aromatic N) is 2. The molecule has 0 aliphatic heterocycles. The number of oxazole rings is 1. The van der Waals surface area contributed by atoms with E-state index in [1.807, 2.05) is 0 Å². The molecule has 4 rings (SSSR count). The summed E-state index contributed by atoms with van der Waals surface area (Å²) in [6.07, 6.45) is 1.43. The van der Waals surface area contributed by atoms with Crippen molar-refractivity contribution in [3.63, 3.8) is 0 Å². The number of anilines is 1. The molecule has 0 atom stereocenters. The van der Waals surface area contributed by atoms with E-state index >= 15 is 0 Å². The molecule has 0 N–H and O–H groups in total. The number of rotatable bonds is 7. The van der Waals surface area contributed by atoms with Gasteiger partial charge in [0.15, 0.2) is 0 Å². The van der Waals surface area contributed by atoms with Gasteiger partial charge < -0.3 is 9.15 Å². The number of ether oxygens (including phenoxy) is 1. The minimum atomic E-state index is -3.96. The molecule has 0 amide bonds. The van der Waals surface area contributed by atoms with Crippen LogP contribution < -0.4 is 9.04 Å². The third-order valence-electron chi connectivity index (χ3n) is 4.64. The van der Waals surface area contributed by atoms with Crippen molar-refractivity contribution in [3.8, 4) is 17.2 Å². The maximum atomic E-state index is 13.3. The lowest BCUT2D eigenvalue weighted by atomic mass is 10.2. The summed E-state index contributed by atoms with van der Waals surface area (Å²) in [7, 11) is -2.38. The van der Waals surface area contributed by atoms with Crippen LogP contribution in [0, 0.1) is 5.82 Å². The molecule has 0 spiro atoms. The second-order valence-electron chi connectivity index (χ2n) is 6.67. The van der Waals surface area contributed by atoms with Crippen molar-refractivity contribution in [2.75, 3.05) is 11.4 Å². The molecule has 1 heterocycles. The first-order chi connectivity index (χ1) is 15.0. The normalized spacial score (nSPS) is 11.3. The Morgan fingerprint density at radius 1 is 0.968 bits per heavy atom. The van der Waals surface area contributed by atoms with E-state index in [0.29, 0.717) is 23.0 Å². The molecule has 158 valence electrons. The van der Waals surface area contributed by atoms with Crippen LogP contribution in [0.4, 0.5) is 10.1 Å². The minimum Gasteiger partial charge on any atom is -0.497 e. The van der Waals surface area contributed by atoms with Crippen molar-refractivity contribution in [1.82, 2.24) is 4.98 Å². The molecule has 6 nitrogen and oxygen atoms in total. The second-order valence-corrected chi connectivity index (χ2v) is 8.54. The van der Waals surface area contributed by atoms with E-state index in [2.05, 4.69) is 4.98 Å². The van der Waals surface area contributed by atoms with Crippen molar-refractivity contribution in [2.24, 2.45) is 0 Å². The third-order valence-corrected chi connectivity index (χ3v) is 6.43. The Morgan fingerprint density at radius 3 is 2.29 bits per heavy atom. The molecule has 0 saturated carbocycles. The molecule has 0 aliphatic carbocycles. The Morgan fingerprint density at radius 2 is 1.65 bits per heavy atom. The van der Waals surface area contributed by atoms with E-state index in [9.17, 15) is 12.8 Å². The number of hydrogen-bond donors (Lipinski definition) is 0. The summed E-state index contributed by atoms with van der Waals surface area (Å²) in [5.74, 6) is 0.562. The molecule has 3 aromatic carbocycles. The van der Waals surface area contributed by atoms with Gasteiger partial charge >= 0.3 is 0 Å². The van der Waals surface area contributed by atoms with Crippen molar-refractivity contribution in [2.45, 2.75) is 11.4 Å². The number of para-hydroxylation sites is 1. The number of benzene rings is 3. The van der Waals surface area contributed by atoms with Gasteiger partial charge in [-0.1, -0.05) is 18.2 Å². The Balaban J connectivity index is 1.67. The fourth-order valence-electron chi connectivity index (χ4n) is 3.04. The number of aromatic nitrogens is 1. The van der Waals surface area contributed by atoms with Crippen LogP contribution in [0.25, 0.3) is 11.5 Å². The van der Waals surface area contributed by atoms with Crippen LogP contribution in [0.5, 0.6) is 5.75 Å². The lowest BCUT2D eigenvalue weighted by Gasteiger charge is -2.23. The molecule has 31 heavy (non-hydrogen) atoms. The van der Waals surface area contributed by atoms with E-state index < -0.39 is 15.8 Å². The molecule has 0 radical (unpaired) electrons. The molecule has 0 fully saturated rings. The Labute approximate surface area is 179 Å². The highest BCUT2D eigenvalue weighted by Gasteiger charge is 2.26. The Hall–Kier alpha value is -3.65. The van der Waals surface area contributed by atoms with Gasteiger partial charge in [0.25, 0.3) is 10.0 Å². The van der Waals surface area contributed by atoms with Gasteiger partial charge in [0.05, 0.1) is 24.2 Å². The summed E-state index contributed by atoms with van der Waals surface area (Å²) in [6, 6.07) is 20.6. The predicted octanol–water partition coefficient (Wildman–Crippen LogP) is 4.88. The number of hydrogen-bond acceptors (Lipinski definition) is 5. The maximum Gasteiger partial charge on any atom is 0.264 e. The zero-order valence-electron chi connectivity index (χ0n) is 16.6. The van der Waals surface area contributed by atoms with Gasteiger partial charge in [-0.3, -0.25) is 4.31 Å². The summed E-state index contributed by atoms with van der Waals surface area (Å²) in [6.45, 7) is -0.0522. The molecule has 0 saturated heterocycles. The topological polar surface area (TPSA) is 72.6 Å². The van der Waals surface area contributed by atoms with Gasteiger partial charge in [0.1, 0.15) is 23.5 Å². The molecular weight excluding hydrogens is 419 g/mol. The van der Waals surface area contributed by atoms with Crippen molar-refractivity contribution in [1.29, 1.82) is 0 Å². The zero-order valence-corrected chi connectivity index (χ0v) is 17.4. The molecular formula is C23H19FN2O4S. The van der Waals surface area contributed by atoms with Gasteiger partial charge in [-0.15, -0.1) is 0 Å². The molecule has 8 heteroatoms. The lowest BCUT2D eigenvalue weighted by Crippen LogP contribution is -2.30. The van der Waals surface area contributed by atoms with Crippen molar-refractivity contribution in [3.05, 3.63) is 96.6 Å². The molecule has 0 unspecified atom stereocenters.